The summed E-state index contributed by atoms with van der Waals surface area (Å²) in [5.74, 6) is -0.783. The zero-order valence-electron chi connectivity index (χ0n) is 13.6. The molecule has 160 valence electrons. The largest absolute Gasteiger partial charge is 0.573 e. The number of ether oxygens (including phenoxy) is 1. The van der Waals surface area contributed by atoms with Crippen LogP contribution >= 0.6 is 0 Å². The van der Waals surface area contributed by atoms with Gasteiger partial charge in [-0.25, -0.2) is 8.42 Å². The Morgan fingerprint density at radius 1 is 0.724 bits per heavy atom. The highest BCUT2D eigenvalue weighted by Gasteiger charge is 2.37. The van der Waals surface area contributed by atoms with E-state index >= 15 is 0 Å². The average molecular weight is 453 g/mol. The minimum atomic E-state index is -5.20. The normalized spacial score (nSPS) is 13.3. The Hall–Kier alpha value is -2.64. The SMILES string of the molecule is O=S(=O)(Nc1cc(C(F)(F)F)cc(C(F)(F)F)c1)c1ccc(OC(F)(F)F)cc1. The maximum absolute atomic E-state index is 12.8. The van der Waals surface area contributed by atoms with Crippen LogP contribution in [-0.4, -0.2) is 14.8 Å². The molecule has 2 rings (SSSR count). The molecule has 0 aliphatic rings. The Labute approximate surface area is 156 Å². The molecule has 4 nitrogen and oxygen atoms in total. The van der Waals surface area contributed by atoms with Gasteiger partial charge in [0.25, 0.3) is 10.0 Å². The fourth-order valence-electron chi connectivity index (χ4n) is 2.05. The Balaban J connectivity index is 2.39. The van der Waals surface area contributed by atoms with Crippen LogP contribution < -0.4 is 9.46 Å². The summed E-state index contributed by atoms with van der Waals surface area (Å²) in [5, 5.41) is 0. The van der Waals surface area contributed by atoms with Crippen molar-refractivity contribution >= 4 is 15.7 Å². The Kier molecular flexibility index (Phi) is 5.71. The average Bonchev–Trinajstić information content (AvgIpc) is 2.51. The van der Waals surface area contributed by atoms with Crippen molar-refractivity contribution < 1.29 is 52.7 Å². The molecule has 0 saturated carbocycles. The second-order valence-corrected chi connectivity index (χ2v) is 7.10. The number of rotatable bonds is 4. The molecule has 2 aromatic rings. The van der Waals surface area contributed by atoms with Crippen LogP contribution in [0.2, 0.25) is 0 Å². The maximum Gasteiger partial charge on any atom is 0.573 e. The van der Waals surface area contributed by atoms with Crippen molar-refractivity contribution in [2.45, 2.75) is 23.6 Å². The number of hydrogen-bond acceptors (Lipinski definition) is 3. The molecule has 29 heavy (non-hydrogen) atoms. The van der Waals surface area contributed by atoms with E-state index in [1.807, 2.05) is 0 Å². The molecular formula is C15H8F9NO3S. The molecule has 0 aliphatic carbocycles. The lowest BCUT2D eigenvalue weighted by atomic mass is 10.1. The minimum Gasteiger partial charge on any atom is -0.406 e. The summed E-state index contributed by atoms with van der Waals surface area (Å²) < 4.78 is 143. The van der Waals surface area contributed by atoms with Crippen LogP contribution in [0.5, 0.6) is 5.75 Å². The van der Waals surface area contributed by atoms with Gasteiger partial charge in [0.15, 0.2) is 0 Å². The van der Waals surface area contributed by atoms with E-state index < -0.39 is 56.2 Å². The van der Waals surface area contributed by atoms with E-state index in [9.17, 15) is 47.9 Å². The highest BCUT2D eigenvalue weighted by molar-refractivity contribution is 7.92. The molecule has 0 aliphatic heterocycles. The molecule has 2 aromatic carbocycles. The lowest BCUT2D eigenvalue weighted by Crippen LogP contribution is -2.18. The quantitative estimate of drug-likeness (QED) is 0.629. The van der Waals surface area contributed by atoms with Gasteiger partial charge in [0.2, 0.25) is 0 Å². The van der Waals surface area contributed by atoms with E-state index in [-0.39, 0.29) is 18.2 Å². The molecule has 0 radical (unpaired) electrons. The van der Waals surface area contributed by atoms with Gasteiger partial charge in [0.05, 0.1) is 21.7 Å². The first-order chi connectivity index (χ1) is 13.0. The predicted molar refractivity (Wildman–Crippen MR) is 80.4 cm³/mol. The summed E-state index contributed by atoms with van der Waals surface area (Å²) in [7, 11) is -4.72. The zero-order chi connectivity index (χ0) is 22.3. The van der Waals surface area contributed by atoms with Crippen LogP contribution in [-0.2, 0) is 22.4 Å². The molecule has 1 N–H and O–H groups in total. The van der Waals surface area contributed by atoms with Crippen molar-refractivity contribution in [2.75, 3.05) is 4.72 Å². The van der Waals surface area contributed by atoms with Crippen LogP contribution in [0.15, 0.2) is 47.4 Å². The van der Waals surface area contributed by atoms with Gasteiger partial charge in [0, 0.05) is 0 Å². The molecule has 14 heteroatoms. The number of alkyl halides is 9. The third-order valence-corrected chi connectivity index (χ3v) is 4.60. The van der Waals surface area contributed by atoms with Gasteiger partial charge in [0.1, 0.15) is 5.75 Å². The highest BCUT2D eigenvalue weighted by Crippen LogP contribution is 2.38. The van der Waals surface area contributed by atoms with Gasteiger partial charge in [-0.2, -0.15) is 26.3 Å². The van der Waals surface area contributed by atoms with Gasteiger partial charge < -0.3 is 4.74 Å². The van der Waals surface area contributed by atoms with Crippen molar-refractivity contribution in [1.82, 2.24) is 0 Å². The van der Waals surface area contributed by atoms with E-state index in [2.05, 4.69) is 4.74 Å². The van der Waals surface area contributed by atoms with Crippen molar-refractivity contribution in [3.63, 3.8) is 0 Å². The minimum absolute atomic E-state index is 0.147. The van der Waals surface area contributed by atoms with Crippen LogP contribution in [0.25, 0.3) is 0 Å². The van der Waals surface area contributed by atoms with Crippen LogP contribution in [0.4, 0.5) is 45.2 Å². The summed E-state index contributed by atoms with van der Waals surface area (Å²) in [6, 6.07) is 2.57. The smallest absolute Gasteiger partial charge is 0.406 e. The van der Waals surface area contributed by atoms with E-state index in [1.54, 1.807) is 0 Å². The summed E-state index contributed by atoms with van der Waals surface area (Å²) in [6.07, 6.45) is -15.4. The molecule has 0 unspecified atom stereocenters. The molecule has 0 fully saturated rings. The van der Waals surface area contributed by atoms with Crippen molar-refractivity contribution in [2.24, 2.45) is 0 Å². The summed E-state index contributed by atoms with van der Waals surface area (Å²) >= 11 is 0. The van der Waals surface area contributed by atoms with Gasteiger partial charge in [-0.1, -0.05) is 0 Å². The fourth-order valence-corrected chi connectivity index (χ4v) is 3.09. The van der Waals surface area contributed by atoms with Gasteiger partial charge in [-0.3, -0.25) is 4.72 Å². The molecule has 0 aromatic heterocycles. The zero-order valence-corrected chi connectivity index (χ0v) is 14.4. The first-order valence-electron chi connectivity index (χ1n) is 7.15. The van der Waals surface area contributed by atoms with Gasteiger partial charge in [-0.15, -0.1) is 13.2 Å². The van der Waals surface area contributed by atoms with Gasteiger partial charge >= 0.3 is 18.7 Å². The monoisotopic (exact) mass is 453 g/mol. The fraction of sp³-hybridized carbons (Fsp3) is 0.200. The summed E-state index contributed by atoms with van der Waals surface area (Å²) in [6.45, 7) is 0. The predicted octanol–water partition coefficient (Wildman–Crippen LogP) is 5.42. The van der Waals surface area contributed by atoms with Crippen molar-refractivity contribution in [3.8, 4) is 5.75 Å². The Morgan fingerprint density at radius 3 is 1.55 bits per heavy atom. The summed E-state index contributed by atoms with van der Waals surface area (Å²) in [4.78, 5) is -0.724. The molecular weight excluding hydrogens is 445 g/mol. The van der Waals surface area contributed by atoms with Crippen LogP contribution in [0.1, 0.15) is 11.1 Å². The standard InChI is InChI=1S/C15H8F9NO3S/c16-13(17,18)8-5-9(14(19,20)21)7-10(6-8)25-29(26,27)12-3-1-11(2-4-12)28-15(22,23)24/h1-7,25H. The first kappa shape index (κ1) is 22.6. The van der Waals surface area contributed by atoms with Crippen LogP contribution in [0, 0.1) is 0 Å². The van der Waals surface area contributed by atoms with E-state index in [1.165, 1.54) is 4.72 Å². The van der Waals surface area contributed by atoms with E-state index in [0.717, 1.165) is 0 Å². The lowest BCUT2D eigenvalue weighted by Gasteiger charge is -2.15. The maximum atomic E-state index is 12.8. The van der Waals surface area contributed by atoms with E-state index in [4.69, 9.17) is 0 Å². The second-order valence-electron chi connectivity index (χ2n) is 5.42. The number of benzene rings is 2. The number of anilines is 1. The van der Waals surface area contributed by atoms with Gasteiger partial charge in [-0.05, 0) is 42.5 Å². The third-order valence-electron chi connectivity index (χ3n) is 3.21. The van der Waals surface area contributed by atoms with E-state index in [0.29, 0.717) is 24.3 Å². The second kappa shape index (κ2) is 7.31. The topological polar surface area (TPSA) is 55.4 Å². The molecule has 0 heterocycles. The lowest BCUT2D eigenvalue weighted by molar-refractivity contribution is -0.274. The van der Waals surface area contributed by atoms with Crippen molar-refractivity contribution in [1.29, 1.82) is 0 Å². The number of sulfonamides is 1. The molecule has 0 spiro atoms. The van der Waals surface area contributed by atoms with Crippen LogP contribution in [0.3, 0.4) is 0 Å². The Morgan fingerprint density at radius 2 is 1.17 bits per heavy atom. The summed E-state index contributed by atoms with van der Waals surface area (Å²) in [5.41, 5.74) is -4.54. The number of nitrogens with one attached hydrogen (secondary N) is 1. The molecule has 0 saturated heterocycles. The Bertz CT molecular complexity index is 946. The molecule has 0 bridgehead atoms. The first-order valence-corrected chi connectivity index (χ1v) is 8.64. The van der Waals surface area contributed by atoms with Crippen molar-refractivity contribution in [3.05, 3.63) is 53.6 Å². The number of hydrogen-bond donors (Lipinski definition) is 1. The highest BCUT2D eigenvalue weighted by atomic mass is 32.2. The molecule has 0 amide bonds. The number of halogens is 9. The molecule has 0 atom stereocenters. The third kappa shape index (κ3) is 6.17.